The van der Waals surface area contributed by atoms with Gasteiger partial charge in [0.2, 0.25) is 0 Å². The van der Waals surface area contributed by atoms with Gasteiger partial charge in [0.05, 0.1) is 10.2 Å². The predicted octanol–water partition coefficient (Wildman–Crippen LogP) is 5.51. The predicted molar refractivity (Wildman–Crippen MR) is 119 cm³/mol. The van der Waals surface area contributed by atoms with E-state index in [-0.39, 0.29) is 0 Å². The maximum Gasteiger partial charge on any atom is 0.182 e. The van der Waals surface area contributed by atoms with Gasteiger partial charge >= 0.3 is 0 Å². The number of halogens is 1. The lowest BCUT2D eigenvalue weighted by molar-refractivity contribution is 0.308. The van der Waals surface area contributed by atoms with E-state index < -0.39 is 0 Å². The molecule has 1 saturated heterocycles. The minimum absolute atomic E-state index is 0.395. The van der Waals surface area contributed by atoms with Crippen LogP contribution in [0.1, 0.15) is 53.9 Å². The van der Waals surface area contributed by atoms with Crippen LogP contribution in [0.15, 0.2) is 52.3 Å². The van der Waals surface area contributed by atoms with Crippen LogP contribution in [-0.2, 0) is 0 Å². The van der Waals surface area contributed by atoms with E-state index >= 15 is 0 Å². The lowest BCUT2D eigenvalue weighted by Gasteiger charge is -2.30. The van der Waals surface area contributed by atoms with Crippen molar-refractivity contribution in [2.45, 2.75) is 53.9 Å². The Labute approximate surface area is 165 Å². The quantitative estimate of drug-likeness (QED) is 0.379. The summed E-state index contributed by atoms with van der Waals surface area (Å²) in [5, 5.41) is 0. The van der Waals surface area contributed by atoms with Crippen molar-refractivity contribution < 1.29 is 0 Å². The summed E-state index contributed by atoms with van der Waals surface area (Å²) in [6, 6.07) is 0. The van der Waals surface area contributed by atoms with Gasteiger partial charge in [-0.3, -0.25) is 4.99 Å². The number of nitrogens with two attached hydrogens (primary N) is 1. The van der Waals surface area contributed by atoms with Crippen LogP contribution in [0.25, 0.3) is 0 Å². The first-order valence-corrected chi connectivity index (χ1v) is 9.49. The van der Waals surface area contributed by atoms with Crippen LogP contribution in [0.4, 0.5) is 0 Å². The summed E-state index contributed by atoms with van der Waals surface area (Å²) in [5.41, 5.74) is 10.4. The molecule has 0 aromatic heterocycles. The van der Waals surface area contributed by atoms with Crippen LogP contribution < -0.4 is 5.73 Å². The Morgan fingerprint density at radius 3 is 2.04 bits per heavy atom. The third-order valence-corrected chi connectivity index (χ3v) is 4.92. The molecule has 0 atom stereocenters. The second kappa shape index (κ2) is 15.2. The van der Waals surface area contributed by atoms with Crippen LogP contribution in [0, 0.1) is 5.92 Å². The first kappa shape index (κ1) is 26.2. The number of nitrogens with zero attached hydrogens (tertiary/aromatic N) is 2. The Hall–Kier alpha value is -1.07. The van der Waals surface area contributed by atoms with Gasteiger partial charge in [-0.15, -0.1) is 19.7 Å². The third-order valence-electron chi connectivity index (χ3n) is 3.89. The molecule has 0 aromatic carbocycles. The van der Waals surface area contributed by atoms with Crippen molar-refractivity contribution in [3.63, 3.8) is 0 Å². The molecule has 5 heteroatoms. The van der Waals surface area contributed by atoms with Gasteiger partial charge in [-0.2, -0.15) is 0 Å². The van der Waals surface area contributed by atoms with Crippen molar-refractivity contribution in [2.75, 3.05) is 13.1 Å². The molecule has 1 rings (SSSR count). The Morgan fingerprint density at radius 2 is 1.68 bits per heavy atom. The number of hydrogen-bond acceptors (Lipinski definition) is 3. The zero-order valence-electron chi connectivity index (χ0n) is 16.7. The lowest BCUT2D eigenvalue weighted by atomic mass is 9.91. The van der Waals surface area contributed by atoms with Crippen LogP contribution in [0.5, 0.6) is 0 Å². The molecule has 25 heavy (non-hydrogen) atoms. The number of hydrogen-bond donors (Lipinski definition) is 1. The molecule has 1 fully saturated rings. The molecule has 1 aliphatic heterocycles. The topological polar surface area (TPSA) is 41.6 Å². The number of piperidine rings is 1. The number of allylic oxidation sites excluding steroid dienone is 5. The summed E-state index contributed by atoms with van der Waals surface area (Å²) in [7, 11) is 5.77. The molecule has 1 aliphatic rings. The van der Waals surface area contributed by atoms with Crippen LogP contribution in [0.2, 0.25) is 0 Å². The molecule has 3 nitrogen and oxygen atoms in total. The maximum atomic E-state index is 6.27. The fraction of sp³-hybridized carbons (Fsp3) is 0.550. The fourth-order valence-electron chi connectivity index (χ4n) is 2.01. The van der Waals surface area contributed by atoms with Crippen molar-refractivity contribution in [1.29, 1.82) is 0 Å². The van der Waals surface area contributed by atoms with E-state index in [4.69, 9.17) is 13.7 Å². The summed E-state index contributed by atoms with van der Waals surface area (Å²) in [5.74, 6) is 0.395. The third kappa shape index (κ3) is 11.2. The Bertz CT molecular complexity index is 483. The summed E-state index contributed by atoms with van der Waals surface area (Å²) in [6.45, 7) is 21.5. The highest BCUT2D eigenvalue weighted by atomic mass is 79.9. The van der Waals surface area contributed by atoms with E-state index in [0.717, 1.165) is 53.9 Å². The molecule has 2 N–H and O–H groups in total. The van der Waals surface area contributed by atoms with E-state index in [1.54, 1.807) is 0 Å². The van der Waals surface area contributed by atoms with E-state index in [9.17, 15) is 0 Å². The van der Waals surface area contributed by atoms with Crippen LogP contribution in [0.3, 0.4) is 0 Å². The average molecular weight is 408 g/mol. The Morgan fingerprint density at radius 1 is 1.24 bits per heavy atom. The molecular formula is C20H35BBrN3. The lowest BCUT2D eigenvalue weighted by Crippen LogP contribution is -2.33. The number of rotatable bonds is 4. The van der Waals surface area contributed by atoms with Crippen molar-refractivity contribution >= 4 is 29.6 Å². The van der Waals surface area contributed by atoms with Gasteiger partial charge in [-0.25, -0.2) is 0 Å². The van der Waals surface area contributed by atoms with Crippen molar-refractivity contribution in [2.24, 2.45) is 16.6 Å². The fourth-order valence-corrected chi connectivity index (χ4v) is 2.42. The van der Waals surface area contributed by atoms with Crippen LogP contribution >= 0.6 is 15.9 Å². The zero-order chi connectivity index (χ0) is 20.0. The standard InChI is InChI=1S/C14H23BBrN3.C4H8.C2H4/c1-9(2)10(3)18-11(4)13(16)14(17)12-5-7-19(15)8-6-12;1-3-4-2;1-2/h12H,5-8,17H2,1-4H3;3H,1,4H2,2H3;1-2H2/b14-13+,18-11?;;. The largest absolute Gasteiger partial charge is 0.401 e. The van der Waals surface area contributed by atoms with E-state index in [1.807, 2.05) is 24.7 Å². The smallest absolute Gasteiger partial charge is 0.182 e. The van der Waals surface area contributed by atoms with Crippen LogP contribution in [-0.4, -0.2) is 31.6 Å². The van der Waals surface area contributed by atoms with Gasteiger partial charge < -0.3 is 10.5 Å². The molecule has 140 valence electrons. The van der Waals surface area contributed by atoms with Crippen molar-refractivity contribution in [1.82, 2.24) is 4.81 Å². The minimum atomic E-state index is 0.395. The number of aliphatic imine (C=N–C) groups is 1. The van der Waals surface area contributed by atoms with Gasteiger partial charge in [-0.05, 0) is 76.0 Å². The molecule has 0 aromatic rings. The average Bonchev–Trinajstić information content (AvgIpc) is 2.62. The first-order valence-electron chi connectivity index (χ1n) is 8.69. The Kier molecular flexibility index (Phi) is 15.9. The first-order chi connectivity index (χ1) is 11.7. The Balaban J connectivity index is 0. The molecule has 0 aliphatic carbocycles. The molecule has 0 bridgehead atoms. The maximum absolute atomic E-state index is 6.27. The molecule has 2 radical (unpaired) electrons. The van der Waals surface area contributed by atoms with E-state index in [0.29, 0.717) is 5.92 Å². The SMILES string of the molecule is C=C.C=CCC.[B]N1CCC(/C(N)=C(\Br)C(C)=NC(C)=C(C)C)CC1. The molecule has 0 saturated carbocycles. The summed E-state index contributed by atoms with van der Waals surface area (Å²) in [4.78, 5) is 6.44. The monoisotopic (exact) mass is 407 g/mol. The molecule has 1 heterocycles. The highest BCUT2D eigenvalue weighted by Crippen LogP contribution is 2.26. The normalized spacial score (nSPS) is 16.5. The summed E-state index contributed by atoms with van der Waals surface area (Å²) in [6.07, 6.45) is 4.97. The van der Waals surface area contributed by atoms with Gasteiger partial charge in [0.15, 0.2) is 7.98 Å². The van der Waals surface area contributed by atoms with Gasteiger partial charge in [0, 0.05) is 17.3 Å². The van der Waals surface area contributed by atoms with Gasteiger partial charge in [-0.1, -0.05) is 18.6 Å². The van der Waals surface area contributed by atoms with Gasteiger partial charge in [0.25, 0.3) is 0 Å². The highest BCUT2D eigenvalue weighted by molar-refractivity contribution is 9.12. The van der Waals surface area contributed by atoms with Gasteiger partial charge in [0.1, 0.15) is 0 Å². The summed E-state index contributed by atoms with van der Waals surface area (Å²) < 4.78 is 0.934. The van der Waals surface area contributed by atoms with E-state index in [2.05, 4.69) is 61.4 Å². The highest BCUT2D eigenvalue weighted by Gasteiger charge is 2.21. The second-order valence-electron chi connectivity index (χ2n) is 6.06. The van der Waals surface area contributed by atoms with E-state index in [1.165, 1.54) is 5.57 Å². The van der Waals surface area contributed by atoms with Crippen molar-refractivity contribution in [3.8, 4) is 0 Å². The molecule has 0 spiro atoms. The zero-order valence-corrected chi connectivity index (χ0v) is 18.3. The van der Waals surface area contributed by atoms with Crippen molar-refractivity contribution in [3.05, 3.63) is 47.3 Å². The molecular weight excluding hydrogens is 373 g/mol. The molecule has 0 unspecified atom stereocenters. The minimum Gasteiger partial charge on any atom is -0.401 e. The summed E-state index contributed by atoms with van der Waals surface area (Å²) >= 11 is 3.59. The second-order valence-corrected chi connectivity index (χ2v) is 6.85. The molecule has 0 amide bonds.